The van der Waals surface area contributed by atoms with E-state index in [4.69, 9.17) is 23.2 Å². The minimum Gasteiger partial charge on any atom is -0.396 e. The van der Waals surface area contributed by atoms with Gasteiger partial charge in [-0.2, -0.15) is 5.26 Å². The standard InChI is InChI=1S/C29H35Cl2F2N3O4/c1-27(2,15-37)13-21-29(14-34,18-9-8-16(30)12-20(18)32)23(17-6-5-7-19(31)24(17)33)25(36-21)26(39)35-11-10-22(38)28(3,4)40/h5-9,12,21-23,25,36-38,40H,10-11,13,15H2,1-4H3,(H,35,39)/t21-,22+,23-,25+,29-/m1/s1. The van der Waals surface area contributed by atoms with Crippen molar-refractivity contribution in [3.8, 4) is 6.07 Å². The number of carbonyl (C=O) groups excluding carboxylic acids is 1. The van der Waals surface area contributed by atoms with E-state index in [-0.39, 0.29) is 47.2 Å². The molecule has 3 rings (SSSR count). The third kappa shape index (κ3) is 6.43. The summed E-state index contributed by atoms with van der Waals surface area (Å²) >= 11 is 12.1. The van der Waals surface area contributed by atoms with Crippen LogP contribution in [0.5, 0.6) is 0 Å². The van der Waals surface area contributed by atoms with Crippen LogP contribution < -0.4 is 10.6 Å². The zero-order chi connectivity index (χ0) is 30.0. The first-order chi connectivity index (χ1) is 18.6. The molecule has 0 bridgehead atoms. The fourth-order valence-electron chi connectivity index (χ4n) is 5.36. The summed E-state index contributed by atoms with van der Waals surface area (Å²) in [7, 11) is 0. The lowest BCUT2D eigenvalue weighted by molar-refractivity contribution is -0.123. The van der Waals surface area contributed by atoms with Crippen LogP contribution in [0.25, 0.3) is 0 Å². The molecule has 1 aliphatic rings. The second kappa shape index (κ2) is 12.3. The van der Waals surface area contributed by atoms with Crippen LogP contribution in [-0.4, -0.2) is 58.2 Å². The number of nitrogens with one attached hydrogen (secondary N) is 2. The zero-order valence-electron chi connectivity index (χ0n) is 22.8. The molecule has 1 saturated heterocycles. The minimum atomic E-state index is -1.83. The maximum absolute atomic E-state index is 15.7. The molecule has 7 nitrogen and oxygen atoms in total. The number of hydrogen-bond acceptors (Lipinski definition) is 6. The number of halogens is 4. The molecule has 0 radical (unpaired) electrons. The number of rotatable bonds is 10. The first kappa shape index (κ1) is 32.2. The quantitative estimate of drug-likeness (QED) is 0.279. The molecule has 5 atom stereocenters. The summed E-state index contributed by atoms with van der Waals surface area (Å²) in [6.07, 6.45) is -0.988. The number of aliphatic hydroxyl groups excluding tert-OH is 2. The fourth-order valence-corrected chi connectivity index (χ4v) is 5.70. The highest BCUT2D eigenvalue weighted by atomic mass is 35.5. The van der Waals surface area contributed by atoms with Crippen LogP contribution in [0.4, 0.5) is 8.78 Å². The molecule has 11 heteroatoms. The van der Waals surface area contributed by atoms with Gasteiger partial charge in [0.2, 0.25) is 5.91 Å². The topological polar surface area (TPSA) is 126 Å². The monoisotopic (exact) mass is 597 g/mol. The summed E-state index contributed by atoms with van der Waals surface area (Å²) in [5.41, 5.74) is -4.13. The predicted octanol–water partition coefficient (Wildman–Crippen LogP) is 4.20. The van der Waals surface area contributed by atoms with Gasteiger partial charge in [0, 0.05) is 35.7 Å². The largest absolute Gasteiger partial charge is 0.396 e. The molecule has 2 aromatic rings. The molecule has 1 heterocycles. The third-order valence-corrected chi connectivity index (χ3v) is 8.16. The van der Waals surface area contributed by atoms with Gasteiger partial charge in [0.25, 0.3) is 0 Å². The molecule has 5 N–H and O–H groups in total. The maximum atomic E-state index is 15.7. The predicted molar refractivity (Wildman–Crippen MR) is 149 cm³/mol. The van der Waals surface area contributed by atoms with Gasteiger partial charge in [-0.05, 0) is 55.9 Å². The van der Waals surface area contributed by atoms with Crippen LogP contribution in [0.3, 0.4) is 0 Å². The van der Waals surface area contributed by atoms with Gasteiger partial charge in [0.1, 0.15) is 17.0 Å². The van der Waals surface area contributed by atoms with Crippen molar-refractivity contribution in [3.63, 3.8) is 0 Å². The number of benzene rings is 2. The Balaban J connectivity index is 2.20. The Morgan fingerprint density at radius 1 is 1.23 bits per heavy atom. The molecule has 1 amide bonds. The molecule has 0 unspecified atom stereocenters. The smallest absolute Gasteiger partial charge is 0.237 e. The van der Waals surface area contributed by atoms with Crippen LogP contribution in [-0.2, 0) is 10.2 Å². The summed E-state index contributed by atoms with van der Waals surface area (Å²) in [6.45, 7) is 6.09. The molecule has 1 fully saturated rings. The highest BCUT2D eigenvalue weighted by Crippen LogP contribution is 2.52. The van der Waals surface area contributed by atoms with Gasteiger partial charge in [-0.15, -0.1) is 0 Å². The third-order valence-electron chi connectivity index (χ3n) is 7.63. The average molecular weight is 599 g/mol. The Morgan fingerprint density at radius 2 is 1.90 bits per heavy atom. The Morgan fingerprint density at radius 3 is 2.48 bits per heavy atom. The van der Waals surface area contributed by atoms with Crippen LogP contribution >= 0.6 is 23.2 Å². The Hall–Kier alpha value is -2.32. The number of amides is 1. The van der Waals surface area contributed by atoms with E-state index in [0.29, 0.717) is 0 Å². The van der Waals surface area contributed by atoms with Crippen molar-refractivity contribution in [3.05, 3.63) is 69.2 Å². The van der Waals surface area contributed by atoms with E-state index in [2.05, 4.69) is 16.7 Å². The molecule has 0 spiro atoms. The first-order valence-corrected chi connectivity index (χ1v) is 13.7. The average Bonchev–Trinajstić information content (AvgIpc) is 3.18. The van der Waals surface area contributed by atoms with Gasteiger partial charge in [-0.25, -0.2) is 8.78 Å². The van der Waals surface area contributed by atoms with Crippen molar-refractivity contribution in [2.24, 2.45) is 5.41 Å². The van der Waals surface area contributed by atoms with E-state index in [1.54, 1.807) is 13.8 Å². The van der Waals surface area contributed by atoms with Gasteiger partial charge in [-0.3, -0.25) is 4.79 Å². The summed E-state index contributed by atoms with van der Waals surface area (Å²) in [4.78, 5) is 13.7. The molecule has 0 aromatic heterocycles. The molecule has 40 heavy (non-hydrogen) atoms. The highest BCUT2D eigenvalue weighted by molar-refractivity contribution is 6.31. The molecule has 0 saturated carbocycles. The zero-order valence-corrected chi connectivity index (χ0v) is 24.3. The van der Waals surface area contributed by atoms with Crippen LogP contribution in [0.2, 0.25) is 10.0 Å². The van der Waals surface area contributed by atoms with Crippen molar-refractivity contribution in [2.45, 2.75) is 75.7 Å². The van der Waals surface area contributed by atoms with E-state index < -0.39 is 58.1 Å². The van der Waals surface area contributed by atoms with Crippen molar-refractivity contribution in [1.29, 1.82) is 5.26 Å². The normalized spacial score (nSPS) is 24.0. The van der Waals surface area contributed by atoms with Gasteiger partial charge in [0.05, 0.1) is 28.8 Å². The second-order valence-corrected chi connectivity index (χ2v) is 12.5. The van der Waals surface area contributed by atoms with Crippen LogP contribution in [0.15, 0.2) is 36.4 Å². The lowest BCUT2D eigenvalue weighted by atomic mass is 9.62. The van der Waals surface area contributed by atoms with Crippen molar-refractivity contribution in [2.75, 3.05) is 13.2 Å². The van der Waals surface area contributed by atoms with E-state index >= 15 is 8.78 Å². The molecule has 1 aliphatic heterocycles. The number of nitrogens with zero attached hydrogens (tertiary/aromatic N) is 1. The van der Waals surface area contributed by atoms with Crippen molar-refractivity contribution >= 4 is 29.1 Å². The molecule has 2 aromatic carbocycles. The SMILES string of the molecule is CC(C)(CO)C[C@H]1N[C@H](C(=O)NCC[C@H](O)C(C)(C)O)[C@@H](c2cccc(Cl)c2F)[C@]1(C#N)c1ccc(Cl)cc1F. The summed E-state index contributed by atoms with van der Waals surface area (Å²) in [5.74, 6) is -3.53. The first-order valence-electron chi connectivity index (χ1n) is 12.9. The van der Waals surface area contributed by atoms with E-state index in [0.717, 1.165) is 6.07 Å². The highest BCUT2D eigenvalue weighted by Gasteiger charge is 2.61. The lowest BCUT2D eigenvalue weighted by Crippen LogP contribution is -2.47. The molecular weight excluding hydrogens is 563 g/mol. The van der Waals surface area contributed by atoms with E-state index in [9.17, 15) is 25.4 Å². The fraction of sp³-hybridized carbons (Fsp3) is 0.517. The Bertz CT molecular complexity index is 1280. The second-order valence-electron chi connectivity index (χ2n) is 11.7. The Kier molecular flexibility index (Phi) is 9.88. The molecule has 218 valence electrons. The van der Waals surface area contributed by atoms with Crippen molar-refractivity contribution in [1.82, 2.24) is 10.6 Å². The Labute approximate surface area is 243 Å². The minimum absolute atomic E-state index is 0.0222. The van der Waals surface area contributed by atoms with Crippen LogP contribution in [0, 0.1) is 28.4 Å². The lowest BCUT2D eigenvalue weighted by Gasteiger charge is -2.38. The number of carbonyl (C=O) groups is 1. The van der Waals surface area contributed by atoms with Crippen LogP contribution in [0.1, 0.15) is 57.6 Å². The van der Waals surface area contributed by atoms with Gasteiger partial charge in [0.15, 0.2) is 0 Å². The number of aliphatic hydroxyl groups is 3. The van der Waals surface area contributed by atoms with E-state index in [1.165, 1.54) is 44.2 Å². The van der Waals surface area contributed by atoms with Gasteiger partial charge < -0.3 is 26.0 Å². The maximum Gasteiger partial charge on any atom is 0.237 e. The van der Waals surface area contributed by atoms with Crippen molar-refractivity contribution < 1.29 is 28.9 Å². The molecular formula is C29H35Cl2F2N3O4. The molecule has 0 aliphatic carbocycles. The van der Waals surface area contributed by atoms with Gasteiger partial charge in [-0.1, -0.05) is 55.2 Å². The summed E-state index contributed by atoms with van der Waals surface area (Å²) < 4.78 is 31.3. The van der Waals surface area contributed by atoms with E-state index in [1.807, 2.05) is 0 Å². The number of hydrogen-bond donors (Lipinski definition) is 5. The summed E-state index contributed by atoms with van der Waals surface area (Å²) in [6, 6.07) is 8.14. The van der Waals surface area contributed by atoms with Gasteiger partial charge >= 0.3 is 0 Å². The summed E-state index contributed by atoms with van der Waals surface area (Å²) in [5, 5.41) is 46.8. The number of nitriles is 1.